The number of carbonyl (C=O) groups excluding carboxylic acids is 2. The summed E-state index contributed by atoms with van der Waals surface area (Å²) < 4.78 is 20.9. The molecule has 0 saturated carbocycles. The third kappa shape index (κ3) is 12.4. The molecule has 0 radical (unpaired) electrons. The van der Waals surface area contributed by atoms with Crippen LogP contribution in [0.3, 0.4) is 0 Å². The molecule has 4 aromatic carbocycles. The molecule has 0 aliphatic rings. The summed E-state index contributed by atoms with van der Waals surface area (Å²) in [7, 11) is 0. The summed E-state index contributed by atoms with van der Waals surface area (Å²) in [5.74, 6) is 12.3. The molecule has 0 saturated heterocycles. The van der Waals surface area contributed by atoms with Crippen molar-refractivity contribution in [3.8, 4) is 34.8 Å². The zero-order valence-electron chi connectivity index (χ0n) is 28.8. The van der Waals surface area contributed by atoms with Gasteiger partial charge in [0.1, 0.15) is 13.2 Å². The van der Waals surface area contributed by atoms with Crippen molar-refractivity contribution in [2.24, 2.45) is 0 Å². The fraction of sp³-hybridized carbons (Fsp3) is 0.227. The third-order valence-corrected chi connectivity index (χ3v) is 7.70. The van der Waals surface area contributed by atoms with Crippen molar-refractivity contribution < 1.29 is 28.5 Å². The molecular formula is C44H42O6. The van der Waals surface area contributed by atoms with Gasteiger partial charge in [-0.15, -0.1) is 0 Å². The molecule has 0 heterocycles. The highest BCUT2D eigenvalue weighted by molar-refractivity contribution is 5.81. The van der Waals surface area contributed by atoms with E-state index in [4.69, 9.17) is 18.9 Å². The molecule has 0 amide bonds. The molecular weight excluding hydrogens is 624 g/mol. The highest BCUT2D eigenvalue weighted by atomic mass is 16.6. The van der Waals surface area contributed by atoms with Crippen LogP contribution in [0.1, 0.15) is 44.5 Å². The molecule has 6 heteroatoms. The van der Waals surface area contributed by atoms with Crippen molar-refractivity contribution in [2.45, 2.75) is 26.7 Å². The summed E-state index contributed by atoms with van der Waals surface area (Å²) in [6.45, 7) is 13.2. The molecule has 50 heavy (non-hydrogen) atoms. The van der Waals surface area contributed by atoms with E-state index in [1.54, 1.807) is 0 Å². The molecule has 0 aliphatic carbocycles. The Hall–Kier alpha value is -5.66. The first-order valence-electron chi connectivity index (χ1n) is 16.5. The van der Waals surface area contributed by atoms with Gasteiger partial charge in [-0.1, -0.05) is 73.2 Å². The molecule has 0 N–H and O–H groups in total. The minimum absolute atomic E-state index is 0.221. The van der Waals surface area contributed by atoms with Gasteiger partial charge in [0.05, 0.1) is 26.4 Å². The minimum Gasteiger partial charge on any atom is -0.460 e. The first kappa shape index (κ1) is 37.2. The Balaban J connectivity index is 1.27. The summed E-state index contributed by atoms with van der Waals surface area (Å²) >= 11 is 0. The second kappa shape index (κ2) is 20.0. The van der Waals surface area contributed by atoms with Crippen molar-refractivity contribution in [1.82, 2.24) is 0 Å². The van der Waals surface area contributed by atoms with E-state index in [1.165, 1.54) is 11.1 Å². The Labute approximate surface area is 295 Å². The largest absolute Gasteiger partial charge is 0.460 e. The van der Waals surface area contributed by atoms with Crippen LogP contribution in [-0.4, -0.2) is 51.6 Å². The van der Waals surface area contributed by atoms with Gasteiger partial charge < -0.3 is 18.9 Å². The number of ether oxygens (including phenoxy) is 4. The fourth-order valence-corrected chi connectivity index (χ4v) is 4.99. The summed E-state index contributed by atoms with van der Waals surface area (Å²) in [4.78, 5) is 22.1. The van der Waals surface area contributed by atoms with Crippen LogP contribution in [0.2, 0.25) is 0 Å². The lowest BCUT2D eigenvalue weighted by molar-refractivity contribution is -0.140. The predicted molar refractivity (Wildman–Crippen MR) is 198 cm³/mol. The van der Waals surface area contributed by atoms with E-state index in [2.05, 4.69) is 111 Å². The molecule has 0 aliphatic heterocycles. The Morgan fingerprint density at radius 3 is 1.24 bits per heavy atom. The second-order valence-corrected chi connectivity index (χ2v) is 11.4. The maximum Gasteiger partial charge on any atom is 0.330 e. The van der Waals surface area contributed by atoms with Crippen LogP contribution >= 0.6 is 0 Å². The molecule has 0 bridgehead atoms. The molecule has 4 rings (SSSR count). The van der Waals surface area contributed by atoms with E-state index in [0.717, 1.165) is 69.5 Å². The van der Waals surface area contributed by atoms with Gasteiger partial charge in [-0.3, -0.25) is 0 Å². The van der Waals surface area contributed by atoms with Crippen molar-refractivity contribution in [3.05, 3.63) is 155 Å². The lowest BCUT2D eigenvalue weighted by Gasteiger charge is -2.10. The first-order valence-corrected chi connectivity index (χ1v) is 16.5. The van der Waals surface area contributed by atoms with E-state index >= 15 is 0 Å². The van der Waals surface area contributed by atoms with Crippen LogP contribution in [0.4, 0.5) is 0 Å². The van der Waals surface area contributed by atoms with Crippen LogP contribution in [-0.2, 0) is 41.4 Å². The highest BCUT2D eigenvalue weighted by Gasteiger charge is 2.07. The minimum atomic E-state index is -0.441. The first-order chi connectivity index (χ1) is 24.3. The van der Waals surface area contributed by atoms with Crippen molar-refractivity contribution in [1.29, 1.82) is 0 Å². The molecule has 0 aromatic heterocycles. The monoisotopic (exact) mass is 666 g/mol. The zero-order chi connectivity index (χ0) is 35.6. The number of hydrogen-bond donors (Lipinski definition) is 0. The van der Waals surface area contributed by atoms with Gasteiger partial charge >= 0.3 is 11.9 Å². The Bertz CT molecular complexity index is 1760. The van der Waals surface area contributed by atoms with E-state index in [1.807, 2.05) is 24.3 Å². The summed E-state index contributed by atoms with van der Waals surface area (Å²) in [6, 6.07) is 29.0. The Morgan fingerprint density at radius 2 is 0.880 bits per heavy atom. The van der Waals surface area contributed by atoms with Crippen LogP contribution in [0.15, 0.2) is 110 Å². The Morgan fingerprint density at radius 1 is 0.520 bits per heavy atom. The highest BCUT2D eigenvalue weighted by Crippen LogP contribution is 2.28. The molecule has 0 spiro atoms. The standard InChI is InChI=1S/C44H42O6/c1-5-43(45)49-29-27-47-25-23-37-11-7-35(8-12-37)15-17-39-19-21-41(33(3)31-39)42-22-20-40(32-34(42)4)18-16-36-9-13-38(14-10-36)24-26-48-28-30-50-44(46)6-2/h5-14,19-22,31-32H,1-2,23-30H2,3-4H3. The number of carbonyl (C=O) groups is 2. The third-order valence-electron chi connectivity index (χ3n) is 7.70. The van der Waals surface area contributed by atoms with Crippen LogP contribution < -0.4 is 0 Å². The maximum absolute atomic E-state index is 11.0. The number of benzene rings is 4. The second-order valence-electron chi connectivity index (χ2n) is 11.4. The molecule has 254 valence electrons. The normalized spacial score (nSPS) is 10.2. The fourth-order valence-electron chi connectivity index (χ4n) is 4.99. The number of aryl methyl sites for hydroxylation is 2. The van der Waals surface area contributed by atoms with Gasteiger partial charge in [-0.2, -0.15) is 0 Å². The van der Waals surface area contributed by atoms with Gasteiger partial charge in [-0.05, 0) is 109 Å². The molecule has 0 unspecified atom stereocenters. The maximum atomic E-state index is 11.0. The van der Waals surface area contributed by atoms with Gasteiger partial charge in [0, 0.05) is 34.4 Å². The van der Waals surface area contributed by atoms with Crippen molar-refractivity contribution in [3.63, 3.8) is 0 Å². The molecule has 0 fully saturated rings. The predicted octanol–water partition coefficient (Wildman–Crippen LogP) is 7.35. The number of rotatable bonds is 15. The van der Waals surface area contributed by atoms with Crippen LogP contribution in [0, 0.1) is 37.5 Å². The topological polar surface area (TPSA) is 71.1 Å². The lowest BCUT2D eigenvalue weighted by atomic mass is 9.94. The zero-order valence-corrected chi connectivity index (χ0v) is 28.8. The van der Waals surface area contributed by atoms with Gasteiger partial charge in [0.2, 0.25) is 0 Å². The number of hydrogen-bond acceptors (Lipinski definition) is 6. The SMILES string of the molecule is C=CC(=O)OCCOCCc1ccc(C#Cc2ccc(-c3ccc(C#Cc4ccc(CCOCCOC(=O)C=C)cc4)cc3C)c(C)c2)cc1. The average Bonchev–Trinajstić information content (AvgIpc) is 3.13. The summed E-state index contributed by atoms with van der Waals surface area (Å²) in [5.41, 5.74) is 10.8. The van der Waals surface area contributed by atoms with E-state index in [0.29, 0.717) is 26.4 Å². The van der Waals surface area contributed by atoms with Crippen LogP contribution in [0.5, 0.6) is 0 Å². The number of esters is 2. The molecule has 6 nitrogen and oxygen atoms in total. The summed E-state index contributed by atoms with van der Waals surface area (Å²) in [6.07, 6.45) is 3.81. The Kier molecular flexibility index (Phi) is 14.9. The van der Waals surface area contributed by atoms with E-state index in [9.17, 15) is 9.59 Å². The van der Waals surface area contributed by atoms with Crippen LogP contribution in [0.25, 0.3) is 11.1 Å². The van der Waals surface area contributed by atoms with Crippen molar-refractivity contribution in [2.75, 3.05) is 39.6 Å². The van der Waals surface area contributed by atoms with Crippen molar-refractivity contribution >= 4 is 11.9 Å². The lowest BCUT2D eigenvalue weighted by Crippen LogP contribution is -2.09. The summed E-state index contributed by atoms with van der Waals surface area (Å²) in [5, 5.41) is 0. The van der Waals surface area contributed by atoms with Gasteiger partial charge in [0.25, 0.3) is 0 Å². The van der Waals surface area contributed by atoms with Gasteiger partial charge in [-0.25, -0.2) is 9.59 Å². The molecule has 4 aromatic rings. The smallest absolute Gasteiger partial charge is 0.330 e. The van der Waals surface area contributed by atoms with Gasteiger partial charge in [0.15, 0.2) is 0 Å². The van der Waals surface area contributed by atoms with E-state index in [-0.39, 0.29) is 13.2 Å². The molecule has 0 atom stereocenters. The average molecular weight is 667 g/mol. The quantitative estimate of drug-likeness (QED) is 0.0572. The van der Waals surface area contributed by atoms with E-state index < -0.39 is 11.9 Å².